The van der Waals surface area contributed by atoms with E-state index in [1.165, 1.54) is 30.3 Å². The van der Waals surface area contributed by atoms with Gasteiger partial charge in [0.2, 0.25) is 5.91 Å². The number of carbonyl (C=O) groups excluding carboxylic acids is 1. The number of carbonyl (C=O) groups is 2. The fourth-order valence-corrected chi connectivity index (χ4v) is 4.00. The SMILES string of the molecule is O=C(O)c1ccc(-c2nc(NC(=O)C3(c4ccc5c(c4)OC(F)(F)O5)CC3)ccc2C(F)(F)F)cc1.[HH].[HH]. The summed E-state index contributed by atoms with van der Waals surface area (Å²) in [5.41, 5.74) is -2.38. The van der Waals surface area contributed by atoms with Crippen molar-refractivity contribution in [2.75, 3.05) is 5.32 Å². The molecule has 0 radical (unpaired) electrons. The average molecular weight is 510 g/mol. The van der Waals surface area contributed by atoms with Gasteiger partial charge in [0.1, 0.15) is 5.82 Å². The Morgan fingerprint density at radius 1 is 0.972 bits per heavy atom. The van der Waals surface area contributed by atoms with Crippen LogP contribution in [-0.4, -0.2) is 28.3 Å². The third kappa shape index (κ3) is 4.18. The fraction of sp³-hybridized carbons (Fsp3) is 0.208. The Balaban J connectivity index is 0.00000200. The molecule has 0 bridgehead atoms. The Bertz CT molecular complexity index is 1400. The monoisotopic (exact) mass is 510 g/mol. The molecule has 1 aromatic heterocycles. The minimum absolute atomic E-state index is 0. The number of aromatic nitrogens is 1. The van der Waals surface area contributed by atoms with Gasteiger partial charge in [-0.2, -0.15) is 13.2 Å². The maximum atomic E-state index is 13.6. The van der Waals surface area contributed by atoms with Crippen molar-refractivity contribution in [1.29, 1.82) is 0 Å². The average Bonchev–Trinajstić information content (AvgIpc) is 3.55. The highest BCUT2D eigenvalue weighted by molar-refractivity contribution is 6.01. The summed E-state index contributed by atoms with van der Waals surface area (Å²) < 4.78 is 76.4. The number of pyridine rings is 1. The second kappa shape index (κ2) is 7.90. The van der Waals surface area contributed by atoms with Gasteiger partial charge in [0.05, 0.1) is 22.2 Å². The van der Waals surface area contributed by atoms with Gasteiger partial charge in [-0.3, -0.25) is 4.79 Å². The van der Waals surface area contributed by atoms with E-state index in [0.29, 0.717) is 18.4 Å². The Morgan fingerprint density at radius 3 is 2.25 bits per heavy atom. The van der Waals surface area contributed by atoms with Gasteiger partial charge in [0.15, 0.2) is 11.5 Å². The van der Waals surface area contributed by atoms with Gasteiger partial charge in [-0.1, -0.05) is 18.2 Å². The van der Waals surface area contributed by atoms with Crippen LogP contribution in [0.1, 0.15) is 37.2 Å². The van der Waals surface area contributed by atoms with E-state index in [0.717, 1.165) is 24.3 Å². The molecule has 2 aromatic carbocycles. The van der Waals surface area contributed by atoms with Crippen LogP contribution in [0.15, 0.2) is 54.6 Å². The molecule has 0 atom stereocenters. The van der Waals surface area contributed by atoms with Crippen LogP contribution in [0.4, 0.5) is 27.8 Å². The van der Waals surface area contributed by atoms with Crippen molar-refractivity contribution in [3.05, 3.63) is 71.3 Å². The van der Waals surface area contributed by atoms with Crippen LogP contribution in [0.5, 0.6) is 11.5 Å². The molecule has 36 heavy (non-hydrogen) atoms. The van der Waals surface area contributed by atoms with E-state index in [9.17, 15) is 31.5 Å². The zero-order valence-electron chi connectivity index (χ0n) is 18.0. The third-order valence-corrected chi connectivity index (χ3v) is 5.99. The molecule has 1 aliphatic heterocycles. The molecule has 0 spiro atoms. The molecule has 1 aliphatic carbocycles. The first-order valence-corrected chi connectivity index (χ1v) is 10.5. The number of amides is 1. The number of aromatic carboxylic acids is 1. The van der Waals surface area contributed by atoms with Crippen LogP contribution in [0, 0.1) is 0 Å². The number of alkyl halides is 5. The van der Waals surface area contributed by atoms with Crippen molar-refractivity contribution in [1.82, 2.24) is 4.98 Å². The topological polar surface area (TPSA) is 97.8 Å². The third-order valence-electron chi connectivity index (χ3n) is 5.99. The summed E-state index contributed by atoms with van der Waals surface area (Å²) in [5, 5.41) is 11.5. The molecule has 1 amide bonds. The van der Waals surface area contributed by atoms with Gasteiger partial charge in [-0.15, -0.1) is 8.78 Å². The van der Waals surface area contributed by atoms with Crippen molar-refractivity contribution in [2.24, 2.45) is 0 Å². The number of hydrogen-bond donors (Lipinski definition) is 2. The molecule has 0 unspecified atom stereocenters. The lowest BCUT2D eigenvalue weighted by atomic mass is 9.94. The number of nitrogens with zero attached hydrogens (tertiary/aromatic N) is 1. The Morgan fingerprint density at radius 2 is 1.64 bits per heavy atom. The van der Waals surface area contributed by atoms with Crippen LogP contribution < -0.4 is 14.8 Å². The van der Waals surface area contributed by atoms with Crippen molar-refractivity contribution in [3.8, 4) is 22.8 Å². The first-order chi connectivity index (χ1) is 16.9. The Hall–Kier alpha value is -4.22. The van der Waals surface area contributed by atoms with E-state index in [-0.39, 0.29) is 31.3 Å². The molecule has 1 saturated carbocycles. The normalized spacial score (nSPS) is 16.9. The van der Waals surface area contributed by atoms with Gasteiger partial charge >= 0.3 is 18.4 Å². The highest BCUT2D eigenvalue weighted by atomic mass is 19.4. The molecular weight excluding hydrogens is 491 g/mol. The smallest absolute Gasteiger partial charge is 0.478 e. The standard InChI is InChI=1S/C24H15F5N2O5.2H2/c25-23(26,27)15-6-8-18(30-19(15)12-1-3-13(4-2-12)20(32)33)31-21(34)22(9-10-22)14-5-7-16-17(11-14)36-24(28,29)35-16;;/h1-8,11H,9-10H2,(H,32,33)(H,30,31,34);2*1H. The highest BCUT2D eigenvalue weighted by Crippen LogP contribution is 2.52. The Kier molecular flexibility index (Phi) is 5.16. The van der Waals surface area contributed by atoms with E-state index < -0.39 is 41.0 Å². The van der Waals surface area contributed by atoms with Crippen LogP contribution in [0.2, 0.25) is 0 Å². The first-order valence-electron chi connectivity index (χ1n) is 10.5. The lowest BCUT2D eigenvalue weighted by Crippen LogP contribution is -2.28. The summed E-state index contributed by atoms with van der Waals surface area (Å²) in [4.78, 5) is 28.2. The summed E-state index contributed by atoms with van der Waals surface area (Å²) in [6.07, 6.45) is -7.83. The lowest BCUT2D eigenvalue weighted by Gasteiger charge is -2.18. The summed E-state index contributed by atoms with van der Waals surface area (Å²) in [7, 11) is 0. The molecule has 2 aliphatic rings. The van der Waals surface area contributed by atoms with E-state index >= 15 is 0 Å². The van der Waals surface area contributed by atoms with Crippen molar-refractivity contribution in [2.45, 2.75) is 30.7 Å². The number of benzene rings is 2. The molecular formula is C24H19F5N2O5. The van der Waals surface area contributed by atoms with E-state index in [1.807, 2.05) is 0 Å². The molecule has 3 aromatic rings. The number of ether oxygens (including phenoxy) is 2. The molecule has 7 nitrogen and oxygen atoms in total. The minimum Gasteiger partial charge on any atom is -0.478 e. The summed E-state index contributed by atoms with van der Waals surface area (Å²) >= 11 is 0. The maximum Gasteiger partial charge on any atom is 0.586 e. The predicted molar refractivity (Wildman–Crippen MR) is 118 cm³/mol. The van der Waals surface area contributed by atoms with Gasteiger partial charge in [-0.05, 0) is 54.8 Å². The number of rotatable bonds is 5. The second-order valence-corrected chi connectivity index (χ2v) is 8.34. The molecule has 2 heterocycles. The maximum absolute atomic E-state index is 13.6. The lowest BCUT2D eigenvalue weighted by molar-refractivity contribution is -0.286. The second-order valence-electron chi connectivity index (χ2n) is 8.34. The summed E-state index contributed by atoms with van der Waals surface area (Å²) in [6.45, 7) is 0. The van der Waals surface area contributed by atoms with Gasteiger partial charge in [0.25, 0.3) is 0 Å². The Labute approximate surface area is 202 Å². The van der Waals surface area contributed by atoms with Gasteiger partial charge < -0.3 is 19.9 Å². The molecule has 1 fully saturated rings. The largest absolute Gasteiger partial charge is 0.586 e. The van der Waals surface area contributed by atoms with E-state index in [4.69, 9.17) is 5.11 Å². The van der Waals surface area contributed by atoms with Crippen LogP contribution in [0.25, 0.3) is 11.3 Å². The zero-order valence-corrected chi connectivity index (χ0v) is 18.0. The van der Waals surface area contributed by atoms with E-state index in [1.54, 1.807) is 0 Å². The molecule has 2 N–H and O–H groups in total. The number of carboxylic acids is 1. The molecule has 0 saturated heterocycles. The number of halogens is 5. The van der Waals surface area contributed by atoms with Crippen LogP contribution in [0.3, 0.4) is 0 Å². The van der Waals surface area contributed by atoms with Crippen molar-refractivity contribution in [3.63, 3.8) is 0 Å². The predicted octanol–water partition coefficient (Wildman–Crippen LogP) is 5.95. The number of nitrogens with one attached hydrogen (secondary N) is 1. The molecule has 190 valence electrons. The molecule has 5 rings (SSSR count). The van der Waals surface area contributed by atoms with Crippen LogP contribution >= 0.6 is 0 Å². The highest BCUT2D eigenvalue weighted by Gasteiger charge is 2.53. The molecule has 12 heteroatoms. The number of hydrogen-bond acceptors (Lipinski definition) is 5. The van der Waals surface area contributed by atoms with Crippen molar-refractivity contribution < 1.29 is 49.0 Å². The van der Waals surface area contributed by atoms with E-state index in [2.05, 4.69) is 19.8 Å². The number of anilines is 1. The first kappa shape index (κ1) is 23.5. The van der Waals surface area contributed by atoms with Crippen molar-refractivity contribution >= 4 is 17.7 Å². The van der Waals surface area contributed by atoms with Gasteiger partial charge in [0, 0.05) is 8.42 Å². The zero-order chi connectivity index (χ0) is 25.9. The minimum atomic E-state index is -4.76. The quantitative estimate of drug-likeness (QED) is 0.412. The summed E-state index contributed by atoms with van der Waals surface area (Å²) in [6, 6.07) is 10.4. The number of fused-ring (bicyclic) bond motifs is 1. The number of carboxylic acid groups (broad SMARTS) is 1. The summed E-state index contributed by atoms with van der Waals surface area (Å²) in [5.74, 6) is -2.38. The van der Waals surface area contributed by atoms with Gasteiger partial charge in [-0.25, -0.2) is 9.78 Å². The van der Waals surface area contributed by atoms with Crippen LogP contribution in [-0.2, 0) is 16.4 Å². The fourth-order valence-electron chi connectivity index (χ4n) is 4.00.